The van der Waals surface area contributed by atoms with Crippen molar-refractivity contribution >= 4 is 44.7 Å². The zero-order valence-corrected chi connectivity index (χ0v) is 21.4. The summed E-state index contributed by atoms with van der Waals surface area (Å²) in [5.41, 5.74) is 8.85. The van der Waals surface area contributed by atoms with E-state index in [9.17, 15) is 4.39 Å². The molecule has 0 radical (unpaired) electrons. The molecule has 188 valence electrons. The van der Waals surface area contributed by atoms with Crippen LogP contribution >= 0.6 is 11.3 Å². The lowest BCUT2D eigenvalue weighted by atomic mass is 10.0. The molecule has 39 heavy (non-hydrogen) atoms. The molecule has 0 saturated heterocycles. The number of nitrogens with one attached hydrogen (secondary N) is 3. The van der Waals surface area contributed by atoms with Gasteiger partial charge in [-0.2, -0.15) is 9.49 Å². The molecule has 0 fully saturated rings. The Balaban J connectivity index is 1.25. The number of hydrogen-bond acceptors (Lipinski definition) is 5. The zero-order valence-electron chi connectivity index (χ0n) is 20.6. The van der Waals surface area contributed by atoms with Crippen LogP contribution in [0.5, 0.6) is 0 Å². The van der Waals surface area contributed by atoms with Gasteiger partial charge in [0, 0.05) is 44.9 Å². The van der Waals surface area contributed by atoms with Gasteiger partial charge in [-0.15, -0.1) is 11.3 Å². The lowest BCUT2D eigenvalue weighted by Gasteiger charge is -2.11. The molecular weight excluding hydrogens is 507 g/mol. The second kappa shape index (κ2) is 9.34. The Kier molecular flexibility index (Phi) is 5.53. The van der Waals surface area contributed by atoms with Gasteiger partial charge in [-0.3, -0.25) is 10.1 Å². The minimum atomic E-state index is -0.213. The minimum Gasteiger partial charge on any atom is -0.354 e. The van der Waals surface area contributed by atoms with E-state index in [1.807, 2.05) is 60.8 Å². The molecule has 0 saturated carbocycles. The van der Waals surface area contributed by atoms with Crippen LogP contribution in [-0.2, 0) is 0 Å². The van der Waals surface area contributed by atoms with E-state index in [1.54, 1.807) is 18.5 Å². The Morgan fingerprint density at radius 1 is 0.897 bits per heavy atom. The first-order valence-electron chi connectivity index (χ1n) is 12.3. The van der Waals surface area contributed by atoms with Crippen molar-refractivity contribution in [2.75, 3.05) is 5.32 Å². The number of halogens is 1. The molecule has 5 heterocycles. The van der Waals surface area contributed by atoms with Crippen LogP contribution in [0.4, 0.5) is 10.1 Å². The molecule has 0 atom stereocenters. The highest BCUT2D eigenvalue weighted by Gasteiger charge is 2.16. The van der Waals surface area contributed by atoms with E-state index < -0.39 is 0 Å². The third kappa shape index (κ3) is 4.26. The summed E-state index contributed by atoms with van der Waals surface area (Å²) in [5, 5.41) is 12.8. The first-order valence-corrected chi connectivity index (χ1v) is 13.1. The van der Waals surface area contributed by atoms with Crippen LogP contribution in [0.1, 0.15) is 5.56 Å². The maximum atomic E-state index is 13.7. The highest BCUT2D eigenvalue weighted by atomic mass is 32.1. The first-order chi connectivity index (χ1) is 19.1. The van der Waals surface area contributed by atoms with E-state index in [1.165, 1.54) is 6.07 Å². The predicted molar refractivity (Wildman–Crippen MR) is 157 cm³/mol. The van der Waals surface area contributed by atoms with Crippen LogP contribution < -0.4 is 5.32 Å². The molecule has 0 unspecified atom stereocenters. The van der Waals surface area contributed by atoms with Crippen LogP contribution in [0.15, 0.2) is 104 Å². The number of hydrogen-bond donors (Lipinski definition) is 3. The number of anilines is 1. The van der Waals surface area contributed by atoms with Crippen molar-refractivity contribution in [3.05, 3.63) is 115 Å². The molecule has 0 bridgehead atoms. The number of nitrogens with zero attached hydrogens (tertiary/aromatic N) is 3. The molecule has 8 heteroatoms. The van der Waals surface area contributed by atoms with Gasteiger partial charge < -0.3 is 10.3 Å². The van der Waals surface area contributed by atoms with Gasteiger partial charge in [0.2, 0.25) is 0 Å². The number of aromatic nitrogens is 5. The fraction of sp³-hybridized carbons (Fsp3) is 0. The van der Waals surface area contributed by atoms with E-state index in [0.29, 0.717) is 0 Å². The lowest BCUT2D eigenvalue weighted by molar-refractivity contribution is 0.657. The molecule has 0 aliphatic carbocycles. The third-order valence-electron chi connectivity index (χ3n) is 6.68. The Labute approximate surface area is 226 Å². The molecule has 5 aromatic heterocycles. The van der Waals surface area contributed by atoms with Crippen molar-refractivity contribution in [1.29, 1.82) is 0 Å². The predicted octanol–water partition coefficient (Wildman–Crippen LogP) is 8.12. The highest BCUT2D eigenvalue weighted by molar-refractivity contribution is 7.14. The van der Waals surface area contributed by atoms with Crippen molar-refractivity contribution in [1.82, 2.24) is 25.1 Å². The summed E-state index contributed by atoms with van der Waals surface area (Å²) >= 11 is 1.12. The molecule has 2 aromatic carbocycles. The normalized spacial score (nSPS) is 11.3. The topological polar surface area (TPSA) is 82.3 Å². The molecule has 7 aromatic rings. The number of benzene rings is 2. The van der Waals surface area contributed by atoms with Crippen molar-refractivity contribution in [2.24, 2.45) is 0 Å². The smallest absolute Gasteiger partial charge is 0.176 e. The summed E-state index contributed by atoms with van der Waals surface area (Å²) in [6.07, 6.45) is 5.36. The van der Waals surface area contributed by atoms with Crippen molar-refractivity contribution in [3.63, 3.8) is 0 Å². The molecule has 7 rings (SSSR count). The third-order valence-corrected chi connectivity index (χ3v) is 7.58. The van der Waals surface area contributed by atoms with Crippen molar-refractivity contribution in [2.45, 2.75) is 0 Å². The van der Waals surface area contributed by atoms with Crippen LogP contribution in [0.2, 0.25) is 0 Å². The second-order valence-electron chi connectivity index (χ2n) is 9.17. The molecule has 0 aliphatic heterocycles. The van der Waals surface area contributed by atoms with Gasteiger partial charge in [0.1, 0.15) is 11.3 Å². The van der Waals surface area contributed by atoms with Gasteiger partial charge in [0.05, 0.1) is 23.1 Å². The number of thiophene rings is 1. The molecule has 6 nitrogen and oxygen atoms in total. The van der Waals surface area contributed by atoms with E-state index in [4.69, 9.17) is 0 Å². The van der Waals surface area contributed by atoms with Crippen LogP contribution in [-0.4, -0.2) is 25.1 Å². The summed E-state index contributed by atoms with van der Waals surface area (Å²) < 4.78 is 13.7. The van der Waals surface area contributed by atoms with Gasteiger partial charge in [0.15, 0.2) is 5.13 Å². The average molecular weight is 529 g/mol. The van der Waals surface area contributed by atoms with Crippen LogP contribution in [0.25, 0.3) is 60.6 Å². The van der Waals surface area contributed by atoms with Gasteiger partial charge in [-0.05, 0) is 53.6 Å². The molecule has 0 amide bonds. The number of fused-ring (bicyclic) bond motifs is 2. The molecule has 0 aliphatic rings. The van der Waals surface area contributed by atoms with E-state index >= 15 is 0 Å². The number of aromatic amines is 2. The summed E-state index contributed by atoms with van der Waals surface area (Å²) in [5.74, 6) is 0. The Morgan fingerprint density at radius 2 is 1.79 bits per heavy atom. The summed E-state index contributed by atoms with van der Waals surface area (Å²) in [6.45, 7) is 4.17. The number of H-pyrrole nitrogens is 2. The van der Waals surface area contributed by atoms with E-state index in [2.05, 4.69) is 49.2 Å². The van der Waals surface area contributed by atoms with Gasteiger partial charge in [-0.25, -0.2) is 4.98 Å². The maximum Gasteiger partial charge on any atom is 0.176 e. The standard InChI is InChI=1S/C31H21FN6S/c1-18(19-5-3-2-4-6-19)35-22-13-21(16-33-17-22)20-7-8-26-25(14-20)30(38-37-26)27-15-24-23(11-12-34-31(24)36-27)28-9-10-29(32)39-28/h2-17,35H,1H2,(H,34,36)(H,37,38). The summed E-state index contributed by atoms with van der Waals surface area (Å²) in [4.78, 5) is 13.2. The zero-order chi connectivity index (χ0) is 26.3. The Bertz CT molecular complexity index is 1990. The summed E-state index contributed by atoms with van der Waals surface area (Å²) in [7, 11) is 0. The monoisotopic (exact) mass is 528 g/mol. The number of rotatable bonds is 6. The fourth-order valence-corrected chi connectivity index (χ4v) is 5.55. The van der Waals surface area contributed by atoms with E-state index in [-0.39, 0.29) is 5.13 Å². The molecule has 3 N–H and O–H groups in total. The fourth-order valence-electron chi connectivity index (χ4n) is 4.78. The SMILES string of the molecule is C=C(Nc1cncc(-c2ccc3[nH]nc(-c4cc5c(-c6ccc(F)s6)ccnc5[nH]4)c3c2)c1)c1ccccc1. The van der Waals surface area contributed by atoms with Crippen LogP contribution in [0.3, 0.4) is 0 Å². The van der Waals surface area contributed by atoms with Crippen molar-refractivity contribution in [3.8, 4) is 33.0 Å². The molecule has 0 spiro atoms. The largest absolute Gasteiger partial charge is 0.354 e. The number of pyridine rings is 2. The van der Waals surface area contributed by atoms with Crippen LogP contribution in [0, 0.1) is 5.13 Å². The van der Waals surface area contributed by atoms with Gasteiger partial charge >= 0.3 is 0 Å². The first kappa shape index (κ1) is 23.1. The highest BCUT2D eigenvalue weighted by Crippen LogP contribution is 2.36. The summed E-state index contributed by atoms with van der Waals surface area (Å²) in [6, 6.07) is 25.4. The van der Waals surface area contributed by atoms with Crippen molar-refractivity contribution < 1.29 is 4.39 Å². The van der Waals surface area contributed by atoms with E-state index in [0.717, 1.165) is 83.2 Å². The van der Waals surface area contributed by atoms with Gasteiger partial charge in [0.25, 0.3) is 0 Å². The Morgan fingerprint density at radius 3 is 2.64 bits per heavy atom. The quantitative estimate of drug-likeness (QED) is 0.204. The lowest BCUT2D eigenvalue weighted by Crippen LogP contribution is -1.98. The second-order valence-corrected chi connectivity index (χ2v) is 10.2. The Hall–Kier alpha value is -5.08. The van der Waals surface area contributed by atoms with Gasteiger partial charge in [-0.1, -0.05) is 43.0 Å². The minimum absolute atomic E-state index is 0.213. The maximum absolute atomic E-state index is 13.7. The average Bonchev–Trinajstić information content (AvgIpc) is 3.71. The molecular formula is C31H21FN6S.